The number of aliphatic hydroxyl groups is 1. The van der Waals surface area contributed by atoms with Crippen LogP contribution in [-0.4, -0.2) is 28.8 Å². The molecule has 0 fully saturated rings. The van der Waals surface area contributed by atoms with E-state index < -0.39 is 6.10 Å². The molecule has 0 aliphatic rings. The van der Waals surface area contributed by atoms with Crippen LogP contribution in [-0.2, 0) is 6.54 Å². The van der Waals surface area contributed by atoms with Gasteiger partial charge in [-0.05, 0) is 38.6 Å². The molecule has 1 atom stereocenters. The van der Waals surface area contributed by atoms with Crippen molar-refractivity contribution in [3.63, 3.8) is 0 Å². The van der Waals surface area contributed by atoms with Crippen LogP contribution in [0.4, 0.5) is 0 Å². The van der Waals surface area contributed by atoms with Crippen molar-refractivity contribution in [1.82, 2.24) is 10.1 Å². The summed E-state index contributed by atoms with van der Waals surface area (Å²) in [6, 6.07) is 9.07. The first-order valence-corrected chi connectivity index (χ1v) is 6.79. The highest BCUT2D eigenvalue weighted by Gasteiger charge is 2.15. The van der Waals surface area contributed by atoms with Crippen LogP contribution < -0.4 is 0 Å². The fourth-order valence-corrected chi connectivity index (χ4v) is 2.24. The van der Waals surface area contributed by atoms with E-state index in [9.17, 15) is 5.11 Å². The molecule has 5 heteroatoms. The van der Waals surface area contributed by atoms with Gasteiger partial charge in [-0.3, -0.25) is 4.90 Å². The van der Waals surface area contributed by atoms with Crippen LogP contribution >= 0.6 is 0 Å². The van der Waals surface area contributed by atoms with Gasteiger partial charge in [0.05, 0.1) is 23.4 Å². The number of aromatic nitrogens is 1. The molecule has 1 aromatic heterocycles. The van der Waals surface area contributed by atoms with Crippen LogP contribution in [0.2, 0.25) is 0 Å². The largest absolute Gasteiger partial charge is 0.387 e. The van der Waals surface area contributed by atoms with Crippen molar-refractivity contribution in [1.29, 1.82) is 5.26 Å². The molecule has 0 saturated carbocycles. The van der Waals surface area contributed by atoms with Crippen molar-refractivity contribution in [2.24, 2.45) is 0 Å². The Morgan fingerprint density at radius 1 is 1.33 bits per heavy atom. The number of likely N-dealkylation sites (N-methyl/N-ethyl adjacent to an activating group) is 1. The van der Waals surface area contributed by atoms with Gasteiger partial charge >= 0.3 is 0 Å². The highest BCUT2D eigenvalue weighted by Crippen LogP contribution is 2.18. The second-order valence-electron chi connectivity index (χ2n) is 5.25. The van der Waals surface area contributed by atoms with E-state index in [-0.39, 0.29) is 0 Å². The second-order valence-corrected chi connectivity index (χ2v) is 5.25. The number of benzene rings is 1. The van der Waals surface area contributed by atoms with E-state index >= 15 is 0 Å². The van der Waals surface area contributed by atoms with E-state index in [2.05, 4.69) is 11.2 Å². The van der Waals surface area contributed by atoms with Gasteiger partial charge in [-0.15, -0.1) is 0 Å². The molecule has 0 aliphatic heterocycles. The minimum Gasteiger partial charge on any atom is -0.387 e. The molecule has 2 aromatic rings. The lowest BCUT2D eigenvalue weighted by Gasteiger charge is -2.20. The molecule has 1 heterocycles. The molecule has 0 saturated heterocycles. The third-order valence-electron chi connectivity index (χ3n) is 3.52. The topological polar surface area (TPSA) is 73.3 Å². The Morgan fingerprint density at radius 2 is 2.00 bits per heavy atom. The van der Waals surface area contributed by atoms with E-state index in [1.807, 2.05) is 25.8 Å². The summed E-state index contributed by atoms with van der Waals surface area (Å²) in [5, 5.41) is 23.0. The fraction of sp³-hybridized carbons (Fsp3) is 0.375. The molecule has 0 amide bonds. The van der Waals surface area contributed by atoms with Crippen molar-refractivity contribution >= 4 is 0 Å². The highest BCUT2D eigenvalue weighted by atomic mass is 16.5. The number of hydrogen-bond acceptors (Lipinski definition) is 5. The summed E-state index contributed by atoms with van der Waals surface area (Å²) >= 11 is 0. The monoisotopic (exact) mass is 285 g/mol. The lowest BCUT2D eigenvalue weighted by molar-refractivity contribution is 0.123. The summed E-state index contributed by atoms with van der Waals surface area (Å²) in [5.41, 5.74) is 3.34. The van der Waals surface area contributed by atoms with Crippen molar-refractivity contribution in [3.8, 4) is 6.07 Å². The fourth-order valence-electron chi connectivity index (χ4n) is 2.24. The van der Waals surface area contributed by atoms with Crippen molar-refractivity contribution in [2.45, 2.75) is 26.5 Å². The average Bonchev–Trinajstić information content (AvgIpc) is 2.79. The Labute approximate surface area is 124 Å². The molecule has 1 unspecified atom stereocenters. The van der Waals surface area contributed by atoms with Gasteiger partial charge in [0.25, 0.3) is 0 Å². The third-order valence-corrected chi connectivity index (χ3v) is 3.52. The van der Waals surface area contributed by atoms with E-state index in [0.717, 1.165) is 22.6 Å². The Morgan fingerprint density at radius 3 is 2.52 bits per heavy atom. The predicted molar refractivity (Wildman–Crippen MR) is 78.4 cm³/mol. The second kappa shape index (κ2) is 6.53. The van der Waals surface area contributed by atoms with Crippen molar-refractivity contribution in [3.05, 3.63) is 52.4 Å². The quantitative estimate of drug-likeness (QED) is 0.912. The molecule has 2 rings (SSSR count). The molecule has 1 N–H and O–H groups in total. The molecular weight excluding hydrogens is 266 g/mol. The zero-order chi connectivity index (χ0) is 15.4. The first kappa shape index (κ1) is 15.2. The van der Waals surface area contributed by atoms with Gasteiger partial charge in [-0.1, -0.05) is 17.3 Å². The van der Waals surface area contributed by atoms with E-state index in [1.54, 1.807) is 24.3 Å². The zero-order valence-corrected chi connectivity index (χ0v) is 12.5. The maximum absolute atomic E-state index is 10.3. The maximum Gasteiger partial charge on any atom is 0.138 e. The molecule has 1 aromatic carbocycles. The predicted octanol–water partition coefficient (Wildman–Crippen LogP) is 2.33. The number of nitrogens with zero attached hydrogens (tertiary/aromatic N) is 3. The number of hydrogen-bond donors (Lipinski definition) is 1. The van der Waals surface area contributed by atoms with Gasteiger partial charge in [0, 0.05) is 18.7 Å². The number of aryl methyl sites for hydroxylation is 2. The van der Waals surface area contributed by atoms with Crippen molar-refractivity contribution < 1.29 is 9.63 Å². The van der Waals surface area contributed by atoms with Gasteiger partial charge in [-0.2, -0.15) is 5.26 Å². The van der Waals surface area contributed by atoms with E-state index in [4.69, 9.17) is 9.78 Å². The molecule has 0 aliphatic carbocycles. The molecule has 5 nitrogen and oxygen atoms in total. The van der Waals surface area contributed by atoms with Gasteiger partial charge in [0.2, 0.25) is 0 Å². The Balaban J connectivity index is 1.98. The molecule has 0 bridgehead atoms. The summed E-state index contributed by atoms with van der Waals surface area (Å²) < 4.78 is 5.14. The summed E-state index contributed by atoms with van der Waals surface area (Å²) in [6.45, 7) is 4.97. The van der Waals surface area contributed by atoms with Crippen LogP contribution in [0.25, 0.3) is 0 Å². The van der Waals surface area contributed by atoms with Gasteiger partial charge < -0.3 is 9.63 Å². The van der Waals surface area contributed by atoms with E-state index in [0.29, 0.717) is 18.7 Å². The normalized spacial score (nSPS) is 12.4. The summed E-state index contributed by atoms with van der Waals surface area (Å²) in [6.07, 6.45) is -0.594. The van der Waals surface area contributed by atoms with Crippen LogP contribution in [0, 0.1) is 25.2 Å². The standard InChI is InChI=1S/C16H19N3O2/c1-11-15(12(2)21-18-11)9-19(3)10-16(20)14-6-4-13(8-17)5-7-14/h4-7,16,20H,9-10H2,1-3H3. The van der Waals surface area contributed by atoms with Gasteiger partial charge in [-0.25, -0.2) is 0 Å². The van der Waals surface area contributed by atoms with Crippen LogP contribution in [0.3, 0.4) is 0 Å². The Hall–Kier alpha value is -2.16. The first-order chi connectivity index (χ1) is 10.0. The highest BCUT2D eigenvalue weighted by molar-refractivity contribution is 5.32. The third kappa shape index (κ3) is 3.69. The Kier molecular flexibility index (Phi) is 4.73. The van der Waals surface area contributed by atoms with Gasteiger partial charge in [0.15, 0.2) is 0 Å². The zero-order valence-electron chi connectivity index (χ0n) is 12.5. The minimum absolute atomic E-state index is 0.496. The van der Waals surface area contributed by atoms with Gasteiger partial charge in [0.1, 0.15) is 5.76 Å². The Bertz CT molecular complexity index is 621. The number of nitriles is 1. The smallest absolute Gasteiger partial charge is 0.138 e. The lowest BCUT2D eigenvalue weighted by atomic mass is 10.1. The molecule has 0 radical (unpaired) electrons. The number of aliphatic hydroxyl groups excluding tert-OH is 1. The minimum atomic E-state index is -0.594. The average molecular weight is 285 g/mol. The summed E-state index contributed by atoms with van der Waals surface area (Å²) in [4.78, 5) is 2.02. The van der Waals surface area contributed by atoms with Crippen LogP contribution in [0.15, 0.2) is 28.8 Å². The molecule has 21 heavy (non-hydrogen) atoms. The first-order valence-electron chi connectivity index (χ1n) is 6.79. The molecule has 0 spiro atoms. The van der Waals surface area contributed by atoms with E-state index in [1.165, 1.54) is 0 Å². The lowest BCUT2D eigenvalue weighted by Crippen LogP contribution is -2.24. The van der Waals surface area contributed by atoms with Crippen LogP contribution in [0.1, 0.15) is 34.2 Å². The number of rotatable bonds is 5. The SMILES string of the molecule is Cc1noc(C)c1CN(C)CC(O)c1ccc(C#N)cc1. The van der Waals surface area contributed by atoms with Crippen molar-refractivity contribution in [2.75, 3.05) is 13.6 Å². The summed E-state index contributed by atoms with van der Waals surface area (Å²) in [7, 11) is 1.94. The molecular formula is C16H19N3O2. The summed E-state index contributed by atoms with van der Waals surface area (Å²) in [5.74, 6) is 0.812. The maximum atomic E-state index is 10.3. The molecule has 110 valence electrons. The van der Waals surface area contributed by atoms with Crippen LogP contribution in [0.5, 0.6) is 0 Å².